The van der Waals surface area contributed by atoms with Crippen molar-refractivity contribution in [2.24, 2.45) is 17.6 Å². The molecule has 1 heteroatoms. The molecule has 0 aromatic heterocycles. The molecule has 0 heterocycles. The van der Waals surface area contributed by atoms with Gasteiger partial charge >= 0.3 is 0 Å². The van der Waals surface area contributed by atoms with Crippen molar-refractivity contribution >= 4 is 0 Å². The van der Waals surface area contributed by atoms with Crippen molar-refractivity contribution in [1.29, 1.82) is 0 Å². The first kappa shape index (κ1) is 8.55. The Morgan fingerprint density at radius 3 is 2.08 bits per heavy atom. The Hall–Kier alpha value is -0.0400. The van der Waals surface area contributed by atoms with E-state index >= 15 is 0 Å². The fraction of sp³-hybridized carbons (Fsp3) is 1.00. The largest absolute Gasteiger partial charge is 0.325 e. The van der Waals surface area contributed by atoms with Crippen LogP contribution in [0.15, 0.2) is 0 Å². The van der Waals surface area contributed by atoms with Crippen LogP contribution in [-0.4, -0.2) is 5.54 Å². The van der Waals surface area contributed by atoms with Gasteiger partial charge in [0.25, 0.3) is 0 Å². The van der Waals surface area contributed by atoms with Crippen LogP contribution in [0.5, 0.6) is 0 Å². The minimum Gasteiger partial charge on any atom is -0.325 e. The minimum atomic E-state index is 0.255. The lowest BCUT2D eigenvalue weighted by molar-refractivity contribution is 0.107. The number of nitrogens with two attached hydrogens (primary N) is 1. The zero-order valence-electron chi connectivity index (χ0n) is 8.18. The first-order valence-corrected chi connectivity index (χ1v) is 5.49. The molecular formula is C11H21N. The molecule has 0 aromatic rings. The van der Waals surface area contributed by atoms with Crippen LogP contribution < -0.4 is 5.73 Å². The molecule has 0 amide bonds. The van der Waals surface area contributed by atoms with E-state index in [1.54, 1.807) is 0 Å². The number of hydrogen-bond donors (Lipinski definition) is 1. The van der Waals surface area contributed by atoms with Crippen LogP contribution in [0, 0.1) is 11.8 Å². The molecule has 0 atom stereocenters. The van der Waals surface area contributed by atoms with Gasteiger partial charge in [-0.05, 0) is 50.4 Å². The third-order valence-electron chi connectivity index (χ3n) is 4.12. The van der Waals surface area contributed by atoms with Gasteiger partial charge in [0.05, 0.1) is 0 Å². The van der Waals surface area contributed by atoms with Crippen LogP contribution in [0.4, 0.5) is 0 Å². The Balaban J connectivity index is 1.92. The van der Waals surface area contributed by atoms with Gasteiger partial charge in [0.15, 0.2) is 0 Å². The van der Waals surface area contributed by atoms with Gasteiger partial charge in [0.2, 0.25) is 0 Å². The molecule has 0 spiro atoms. The first-order chi connectivity index (χ1) is 5.71. The smallest absolute Gasteiger partial charge is 0.0183 e. The summed E-state index contributed by atoms with van der Waals surface area (Å²) in [6, 6.07) is 0. The molecule has 0 aliphatic heterocycles. The summed E-state index contributed by atoms with van der Waals surface area (Å²) in [5.41, 5.74) is 6.68. The summed E-state index contributed by atoms with van der Waals surface area (Å²) in [5, 5.41) is 0. The highest BCUT2D eigenvalue weighted by Gasteiger charge is 2.40. The second kappa shape index (κ2) is 3.02. The Morgan fingerprint density at radius 1 is 1.08 bits per heavy atom. The van der Waals surface area contributed by atoms with E-state index in [0.29, 0.717) is 0 Å². The second-order valence-electron chi connectivity index (χ2n) is 5.04. The summed E-state index contributed by atoms with van der Waals surface area (Å²) in [4.78, 5) is 0. The van der Waals surface area contributed by atoms with Crippen molar-refractivity contribution in [1.82, 2.24) is 0 Å². The molecule has 2 saturated carbocycles. The zero-order valence-corrected chi connectivity index (χ0v) is 8.18. The van der Waals surface area contributed by atoms with Crippen molar-refractivity contribution < 1.29 is 0 Å². The van der Waals surface area contributed by atoms with Crippen molar-refractivity contribution in [3.05, 3.63) is 0 Å². The summed E-state index contributed by atoms with van der Waals surface area (Å²) in [6.07, 6.45) is 9.56. The Kier molecular flexibility index (Phi) is 2.16. The van der Waals surface area contributed by atoms with E-state index in [4.69, 9.17) is 5.73 Å². The summed E-state index contributed by atoms with van der Waals surface area (Å²) >= 11 is 0. The molecule has 2 rings (SSSR count). The monoisotopic (exact) mass is 167 g/mol. The van der Waals surface area contributed by atoms with Crippen LogP contribution >= 0.6 is 0 Å². The molecule has 0 unspecified atom stereocenters. The lowest BCUT2D eigenvalue weighted by atomic mass is 9.63. The summed E-state index contributed by atoms with van der Waals surface area (Å²) in [6.45, 7) is 2.36. The van der Waals surface area contributed by atoms with Crippen LogP contribution in [0.25, 0.3) is 0 Å². The third kappa shape index (κ3) is 1.39. The fourth-order valence-electron chi connectivity index (χ4n) is 2.69. The zero-order chi connectivity index (χ0) is 8.60. The molecule has 1 nitrogen and oxygen atoms in total. The molecule has 12 heavy (non-hydrogen) atoms. The van der Waals surface area contributed by atoms with Crippen molar-refractivity contribution in [3.63, 3.8) is 0 Å². The van der Waals surface area contributed by atoms with Gasteiger partial charge in [-0.1, -0.05) is 13.3 Å². The van der Waals surface area contributed by atoms with Crippen molar-refractivity contribution in [2.45, 2.75) is 57.4 Å². The summed E-state index contributed by atoms with van der Waals surface area (Å²) < 4.78 is 0. The Labute approximate surface area is 75.7 Å². The van der Waals surface area contributed by atoms with Crippen LogP contribution in [0.2, 0.25) is 0 Å². The van der Waals surface area contributed by atoms with Gasteiger partial charge < -0.3 is 5.73 Å². The highest BCUT2D eigenvalue weighted by Crippen LogP contribution is 2.43. The van der Waals surface area contributed by atoms with E-state index in [2.05, 4.69) is 6.92 Å². The van der Waals surface area contributed by atoms with Gasteiger partial charge in [0, 0.05) is 5.54 Å². The van der Waals surface area contributed by atoms with Gasteiger partial charge in [-0.2, -0.15) is 0 Å². The van der Waals surface area contributed by atoms with Crippen LogP contribution in [0.3, 0.4) is 0 Å². The second-order valence-corrected chi connectivity index (χ2v) is 5.04. The highest BCUT2D eigenvalue weighted by atomic mass is 14.8. The minimum absolute atomic E-state index is 0.255. The fourth-order valence-corrected chi connectivity index (χ4v) is 2.69. The van der Waals surface area contributed by atoms with E-state index in [0.717, 1.165) is 11.8 Å². The standard InChI is InChI=1S/C11H21N/c1-9-5-7-11(12,8-6-9)10-3-2-4-10/h9-10H,2-8,12H2,1H3. The molecule has 0 radical (unpaired) electrons. The van der Waals surface area contributed by atoms with Gasteiger partial charge in [-0.3, -0.25) is 0 Å². The molecule has 0 saturated heterocycles. The maximum Gasteiger partial charge on any atom is 0.0183 e. The van der Waals surface area contributed by atoms with Gasteiger partial charge in [-0.25, -0.2) is 0 Å². The van der Waals surface area contributed by atoms with Gasteiger partial charge in [-0.15, -0.1) is 0 Å². The molecule has 0 aromatic carbocycles. The number of rotatable bonds is 1. The molecule has 0 bridgehead atoms. The van der Waals surface area contributed by atoms with Crippen LogP contribution in [-0.2, 0) is 0 Å². The third-order valence-corrected chi connectivity index (χ3v) is 4.12. The van der Waals surface area contributed by atoms with E-state index in [9.17, 15) is 0 Å². The first-order valence-electron chi connectivity index (χ1n) is 5.49. The molecule has 2 fully saturated rings. The number of hydrogen-bond acceptors (Lipinski definition) is 1. The predicted molar refractivity (Wildman–Crippen MR) is 51.9 cm³/mol. The highest BCUT2D eigenvalue weighted by molar-refractivity contribution is 4.97. The van der Waals surface area contributed by atoms with E-state index in [1.807, 2.05) is 0 Å². The topological polar surface area (TPSA) is 26.0 Å². The van der Waals surface area contributed by atoms with Gasteiger partial charge in [0.1, 0.15) is 0 Å². The Morgan fingerprint density at radius 2 is 1.67 bits per heavy atom. The van der Waals surface area contributed by atoms with E-state index in [-0.39, 0.29) is 5.54 Å². The van der Waals surface area contributed by atoms with E-state index in [1.165, 1.54) is 44.9 Å². The average molecular weight is 167 g/mol. The maximum atomic E-state index is 6.43. The lowest BCUT2D eigenvalue weighted by Gasteiger charge is -2.46. The molecule has 70 valence electrons. The molecule has 2 aliphatic rings. The quantitative estimate of drug-likeness (QED) is 0.638. The molecule has 2 N–H and O–H groups in total. The molecular weight excluding hydrogens is 146 g/mol. The maximum absolute atomic E-state index is 6.43. The van der Waals surface area contributed by atoms with Crippen LogP contribution in [0.1, 0.15) is 51.9 Å². The Bertz CT molecular complexity index is 152. The summed E-state index contributed by atoms with van der Waals surface area (Å²) in [7, 11) is 0. The SMILES string of the molecule is CC1CCC(N)(C2CCC2)CC1. The lowest BCUT2D eigenvalue weighted by Crippen LogP contribution is -2.51. The molecule has 2 aliphatic carbocycles. The van der Waals surface area contributed by atoms with E-state index < -0.39 is 0 Å². The summed E-state index contributed by atoms with van der Waals surface area (Å²) in [5.74, 6) is 1.81. The predicted octanol–water partition coefficient (Wildman–Crippen LogP) is 2.69. The van der Waals surface area contributed by atoms with Crippen molar-refractivity contribution in [2.75, 3.05) is 0 Å². The van der Waals surface area contributed by atoms with Crippen molar-refractivity contribution in [3.8, 4) is 0 Å². The average Bonchev–Trinajstić information content (AvgIpc) is 1.92. The normalized spacial score (nSPS) is 44.0.